The Morgan fingerprint density at radius 3 is 2.47 bits per heavy atom. The number of hydrogen-bond acceptors (Lipinski definition) is 5. The van der Waals surface area contributed by atoms with E-state index in [1.807, 2.05) is 0 Å². The highest BCUT2D eigenvalue weighted by molar-refractivity contribution is 8.01. The zero-order chi connectivity index (χ0) is 14.6. The Labute approximate surface area is 115 Å². The minimum Gasteiger partial charge on any atom is -0.480 e. The molecule has 0 aromatic rings. The molecule has 0 bridgehead atoms. The van der Waals surface area contributed by atoms with Crippen molar-refractivity contribution < 1.29 is 19.5 Å². The zero-order valence-corrected chi connectivity index (χ0v) is 11.8. The average Bonchev–Trinajstić information content (AvgIpc) is 3.09. The molecule has 8 heteroatoms. The van der Waals surface area contributed by atoms with Gasteiger partial charge in [-0.3, -0.25) is 14.9 Å². The topological polar surface area (TPSA) is 122 Å². The predicted molar refractivity (Wildman–Crippen MR) is 71.8 cm³/mol. The number of carboxylic acid groups (broad SMARTS) is 1. The Morgan fingerprint density at radius 1 is 1.42 bits per heavy atom. The van der Waals surface area contributed by atoms with E-state index in [-0.39, 0.29) is 11.8 Å². The summed E-state index contributed by atoms with van der Waals surface area (Å²) in [7, 11) is 0. The lowest BCUT2D eigenvalue weighted by molar-refractivity contribution is -0.139. The summed E-state index contributed by atoms with van der Waals surface area (Å²) >= 11 is 1.10. The van der Waals surface area contributed by atoms with E-state index in [4.69, 9.17) is 10.8 Å². The monoisotopic (exact) mass is 289 g/mol. The number of hydrogen-bond donors (Lipinski definition) is 4. The van der Waals surface area contributed by atoms with E-state index in [9.17, 15) is 14.4 Å². The highest BCUT2D eigenvalue weighted by Crippen LogP contribution is 2.27. The highest BCUT2D eigenvalue weighted by Gasteiger charge is 2.33. The van der Waals surface area contributed by atoms with Crippen molar-refractivity contribution in [2.75, 3.05) is 5.75 Å². The third kappa shape index (κ3) is 5.48. The summed E-state index contributed by atoms with van der Waals surface area (Å²) in [6, 6.07) is -1.41. The minimum absolute atomic E-state index is 0.0218. The molecule has 0 heterocycles. The van der Waals surface area contributed by atoms with E-state index < -0.39 is 28.7 Å². The first-order valence-electron chi connectivity index (χ1n) is 5.95. The highest BCUT2D eigenvalue weighted by atomic mass is 32.2. The fourth-order valence-electron chi connectivity index (χ4n) is 1.25. The van der Waals surface area contributed by atoms with E-state index in [1.165, 1.54) is 0 Å². The van der Waals surface area contributed by atoms with Crippen LogP contribution in [0.25, 0.3) is 0 Å². The van der Waals surface area contributed by atoms with Crippen LogP contribution >= 0.6 is 11.8 Å². The Balaban J connectivity index is 2.31. The standard InChI is InChI=1S/C11H19N3O4S/c1-11(2,8(12)9(16)17)19-5-7(15)14-10(18)13-6-3-4-6/h6,8H,3-5,12H2,1-2H3,(H,16,17)(H2,13,14,15,18)/t8-/m1/s1. The van der Waals surface area contributed by atoms with Crippen LogP contribution in [0.2, 0.25) is 0 Å². The number of carbonyl (C=O) groups excluding carboxylic acids is 2. The molecular weight excluding hydrogens is 270 g/mol. The molecule has 3 amide bonds. The van der Waals surface area contributed by atoms with Crippen molar-refractivity contribution in [3.63, 3.8) is 0 Å². The molecule has 1 atom stereocenters. The molecule has 7 nitrogen and oxygen atoms in total. The summed E-state index contributed by atoms with van der Waals surface area (Å²) in [6.45, 7) is 3.29. The van der Waals surface area contributed by atoms with E-state index in [2.05, 4.69) is 10.6 Å². The molecule has 1 aliphatic rings. The number of nitrogens with two attached hydrogens (primary N) is 1. The molecule has 0 unspecified atom stereocenters. The number of urea groups is 1. The third-order valence-electron chi connectivity index (χ3n) is 2.76. The molecule has 0 aliphatic heterocycles. The summed E-state index contributed by atoms with van der Waals surface area (Å²) in [4.78, 5) is 33.6. The third-order valence-corrected chi connectivity index (χ3v) is 4.16. The van der Waals surface area contributed by atoms with Crippen LogP contribution in [-0.4, -0.2) is 45.6 Å². The molecule has 5 N–H and O–H groups in total. The summed E-state index contributed by atoms with van der Waals surface area (Å²) in [5.74, 6) is -1.61. The van der Waals surface area contributed by atoms with Gasteiger partial charge in [0.15, 0.2) is 0 Å². The Bertz CT molecular complexity index is 382. The number of rotatable bonds is 6. The molecule has 108 valence electrons. The first kappa shape index (κ1) is 15.8. The minimum atomic E-state index is -1.12. The fraction of sp³-hybridized carbons (Fsp3) is 0.727. The van der Waals surface area contributed by atoms with E-state index in [1.54, 1.807) is 13.8 Å². The van der Waals surface area contributed by atoms with Crippen LogP contribution in [-0.2, 0) is 9.59 Å². The number of imide groups is 1. The summed E-state index contributed by atoms with van der Waals surface area (Å²) in [5.41, 5.74) is 5.52. The van der Waals surface area contributed by atoms with Crippen molar-refractivity contribution >= 4 is 29.7 Å². The molecule has 1 rings (SSSR count). The van der Waals surface area contributed by atoms with Crippen molar-refractivity contribution in [2.24, 2.45) is 5.73 Å². The van der Waals surface area contributed by atoms with Crippen molar-refractivity contribution in [2.45, 2.75) is 43.5 Å². The molecule has 19 heavy (non-hydrogen) atoms. The molecule has 0 aromatic heterocycles. The first-order valence-corrected chi connectivity index (χ1v) is 6.93. The van der Waals surface area contributed by atoms with Gasteiger partial charge in [0.1, 0.15) is 6.04 Å². The van der Waals surface area contributed by atoms with Gasteiger partial charge in [0, 0.05) is 10.8 Å². The SMILES string of the molecule is CC(C)(SCC(=O)NC(=O)NC1CC1)[C@H](N)C(=O)O. The lowest BCUT2D eigenvalue weighted by Gasteiger charge is -2.27. The number of aliphatic carboxylic acids is 1. The number of nitrogens with one attached hydrogen (secondary N) is 2. The van der Waals surface area contributed by atoms with Gasteiger partial charge in [-0.25, -0.2) is 4.79 Å². The largest absolute Gasteiger partial charge is 0.480 e. The molecular formula is C11H19N3O4S. The Kier molecular flexibility index (Phi) is 5.19. The second-order valence-electron chi connectivity index (χ2n) is 5.00. The van der Waals surface area contributed by atoms with Gasteiger partial charge in [-0.15, -0.1) is 11.8 Å². The van der Waals surface area contributed by atoms with Gasteiger partial charge in [0.05, 0.1) is 5.75 Å². The van der Waals surface area contributed by atoms with Crippen LogP contribution in [0.1, 0.15) is 26.7 Å². The van der Waals surface area contributed by atoms with Crippen molar-refractivity contribution in [1.29, 1.82) is 0 Å². The maximum atomic E-state index is 11.5. The van der Waals surface area contributed by atoms with Crippen LogP contribution < -0.4 is 16.4 Å². The fourth-order valence-corrected chi connectivity index (χ4v) is 2.11. The first-order chi connectivity index (χ1) is 8.72. The van der Waals surface area contributed by atoms with Gasteiger partial charge in [0.2, 0.25) is 5.91 Å². The van der Waals surface area contributed by atoms with E-state index in [0.717, 1.165) is 24.6 Å². The molecule has 1 aliphatic carbocycles. The number of carboxylic acids is 1. The van der Waals surface area contributed by atoms with Gasteiger partial charge >= 0.3 is 12.0 Å². The van der Waals surface area contributed by atoms with Crippen LogP contribution in [0.3, 0.4) is 0 Å². The number of amides is 3. The summed E-state index contributed by atoms with van der Waals surface area (Å²) in [6.07, 6.45) is 1.88. The maximum absolute atomic E-state index is 11.5. The van der Waals surface area contributed by atoms with Gasteiger partial charge in [0.25, 0.3) is 0 Å². The van der Waals surface area contributed by atoms with Crippen LogP contribution in [0.15, 0.2) is 0 Å². The lowest BCUT2D eigenvalue weighted by atomic mass is 10.1. The van der Waals surface area contributed by atoms with Gasteiger partial charge in [-0.05, 0) is 26.7 Å². The normalized spacial score (nSPS) is 16.6. The van der Waals surface area contributed by atoms with Gasteiger partial charge in [-0.2, -0.15) is 0 Å². The maximum Gasteiger partial charge on any atom is 0.321 e. The second kappa shape index (κ2) is 6.25. The quantitative estimate of drug-likeness (QED) is 0.541. The number of carbonyl (C=O) groups is 3. The molecule has 0 aromatic carbocycles. The van der Waals surface area contributed by atoms with Crippen molar-refractivity contribution in [3.05, 3.63) is 0 Å². The van der Waals surface area contributed by atoms with Crippen LogP contribution in [0, 0.1) is 0 Å². The molecule has 0 spiro atoms. The molecule has 1 fully saturated rings. The Morgan fingerprint density at radius 2 is 2.00 bits per heavy atom. The molecule has 1 saturated carbocycles. The number of thioether (sulfide) groups is 1. The zero-order valence-electron chi connectivity index (χ0n) is 10.9. The lowest BCUT2D eigenvalue weighted by Crippen LogP contribution is -2.48. The van der Waals surface area contributed by atoms with Crippen molar-refractivity contribution in [1.82, 2.24) is 10.6 Å². The summed E-state index contributed by atoms with van der Waals surface area (Å²) in [5, 5.41) is 13.6. The Hall–Kier alpha value is -1.28. The van der Waals surface area contributed by atoms with E-state index >= 15 is 0 Å². The van der Waals surface area contributed by atoms with Crippen molar-refractivity contribution in [3.8, 4) is 0 Å². The van der Waals surface area contributed by atoms with Crippen LogP contribution in [0.4, 0.5) is 4.79 Å². The van der Waals surface area contributed by atoms with Crippen LogP contribution in [0.5, 0.6) is 0 Å². The van der Waals surface area contributed by atoms with Gasteiger partial charge in [-0.1, -0.05) is 0 Å². The average molecular weight is 289 g/mol. The van der Waals surface area contributed by atoms with Gasteiger partial charge < -0.3 is 16.2 Å². The predicted octanol–water partition coefficient (Wildman–Crippen LogP) is -0.102. The second-order valence-corrected chi connectivity index (χ2v) is 6.63. The smallest absolute Gasteiger partial charge is 0.321 e. The summed E-state index contributed by atoms with van der Waals surface area (Å²) < 4.78 is -0.795. The molecule has 0 radical (unpaired) electrons. The molecule has 0 saturated heterocycles. The van der Waals surface area contributed by atoms with E-state index in [0.29, 0.717) is 0 Å².